The molecule has 0 N–H and O–H groups in total. The fourth-order valence-corrected chi connectivity index (χ4v) is 13.4. The van der Waals surface area contributed by atoms with Gasteiger partial charge in [-0.3, -0.25) is 21.0 Å². The van der Waals surface area contributed by atoms with Crippen LogP contribution in [0.25, 0.3) is 4.85 Å². The molecule has 1 saturated heterocycles. The van der Waals surface area contributed by atoms with Crippen LogP contribution in [0.4, 0.5) is 0 Å². The zero-order valence-electron chi connectivity index (χ0n) is 49.4. The molecule has 1 aliphatic rings. The highest BCUT2D eigenvalue weighted by Gasteiger charge is 2.08. The maximum absolute atomic E-state index is 12.1. The van der Waals surface area contributed by atoms with Crippen molar-refractivity contribution in [3.8, 4) is 5.75 Å². The van der Waals surface area contributed by atoms with Gasteiger partial charge in [0.1, 0.15) is 11.5 Å². The number of hydrogen-bond donors (Lipinski definition) is 0. The molecule has 10 nitrogen and oxygen atoms in total. The molecule has 87 heavy (non-hydrogen) atoms. The fourth-order valence-electron chi connectivity index (χ4n) is 6.81. The minimum atomic E-state index is -1.11. The van der Waals surface area contributed by atoms with Gasteiger partial charge in [-0.2, -0.15) is 0 Å². The first-order valence-electron chi connectivity index (χ1n) is 27.0. The van der Waals surface area contributed by atoms with Crippen molar-refractivity contribution in [2.24, 2.45) is 0 Å². The van der Waals surface area contributed by atoms with Gasteiger partial charge in [0.15, 0.2) is 0 Å². The number of rotatable bonds is 14. The third-order valence-corrected chi connectivity index (χ3v) is 20.2. The molecule has 10 rings (SSSR count). The summed E-state index contributed by atoms with van der Waals surface area (Å²) in [5.41, 5.74) is 2.31. The van der Waals surface area contributed by atoms with Crippen molar-refractivity contribution in [1.82, 2.24) is 0 Å². The van der Waals surface area contributed by atoms with Gasteiger partial charge >= 0.3 is 0 Å². The molecule has 1 aliphatic heterocycles. The number of methoxy groups -OCH3 is 1. The molecular formula is C69H75NO9S8. The molecule has 0 bridgehead atoms. The van der Waals surface area contributed by atoms with Crippen LogP contribution in [0.1, 0.15) is 24.0 Å². The van der Waals surface area contributed by atoms with Gasteiger partial charge in [-0.1, -0.05) is 164 Å². The summed E-state index contributed by atoms with van der Waals surface area (Å²) in [4.78, 5) is 9.84. The standard InChI is InChI=1S/C13H12O2S.C13H12OS.C12H10OS.C9H9NOS.C8H10OS.C8H8OS.C4H8OS.C2H6OS/c1-15-11-7-9-13(10-8-11)16(14)12-5-3-2-4-6-12;14-15(13-9-5-2-6-10-13)11-12-7-3-1-4-8-12;13-14(11-7-3-1-4-8-11)12-9-5-2-6-10-12;1-10-7-8-12(11)9-5-3-2-4-6-9;1-7-3-5-8(6-4-7)10(2)9;1-2-10(9)8-6-4-3-5-7-8;5-6-3-1-2-4-6;1-4(2)3/h2-10H,1H3;1-10H,11H2;1-10H;2-6H,7-8H2;3-6H,1-2H3;2-7H,1H2;1-4H2;1-2H3. The number of nitrogens with zero attached hydrogens (tertiary/aromatic N) is 1. The van der Waals surface area contributed by atoms with Gasteiger partial charge in [0.25, 0.3) is 0 Å². The molecule has 0 spiro atoms. The predicted octanol–water partition coefficient (Wildman–Crippen LogP) is 14.6. The average molecular weight is 1320 g/mol. The maximum atomic E-state index is 12.1. The summed E-state index contributed by atoms with van der Waals surface area (Å²) in [5, 5.41) is 1.43. The largest absolute Gasteiger partial charge is 0.497 e. The van der Waals surface area contributed by atoms with Crippen molar-refractivity contribution in [2.45, 2.75) is 64.7 Å². The maximum Gasteiger partial charge on any atom is 0.226 e. The highest BCUT2D eigenvalue weighted by Crippen LogP contribution is 2.20. The lowest BCUT2D eigenvalue weighted by Gasteiger charge is -2.03. The Balaban J connectivity index is 0.000000266. The average Bonchev–Trinajstić information content (AvgIpc) is 4.16. The first kappa shape index (κ1) is 74.5. The minimum Gasteiger partial charge on any atom is -0.497 e. The third kappa shape index (κ3) is 32.7. The minimum absolute atomic E-state index is 0.335. The van der Waals surface area contributed by atoms with Gasteiger partial charge in [-0.15, -0.1) is 0 Å². The summed E-state index contributed by atoms with van der Waals surface area (Å²) < 4.78 is 94.2. The predicted molar refractivity (Wildman–Crippen MR) is 368 cm³/mol. The molecule has 0 radical (unpaired) electrons. The Morgan fingerprint density at radius 3 is 1.10 bits per heavy atom. The summed E-state index contributed by atoms with van der Waals surface area (Å²) in [6.07, 6.45) is 7.34. The molecular weight excluding hydrogens is 1240 g/mol. The molecule has 0 saturated carbocycles. The lowest BCUT2D eigenvalue weighted by molar-refractivity contribution is 0.414. The quantitative estimate of drug-likeness (QED) is 0.0969. The Hall–Kier alpha value is -6.79. The Labute approximate surface area is 535 Å². The van der Waals surface area contributed by atoms with Gasteiger partial charge < -0.3 is 9.58 Å². The van der Waals surface area contributed by atoms with Crippen LogP contribution in [0.5, 0.6) is 5.75 Å². The van der Waals surface area contributed by atoms with Crippen LogP contribution >= 0.6 is 0 Å². The third-order valence-electron chi connectivity index (χ3n) is 11.2. The second-order valence-corrected chi connectivity index (χ2v) is 30.0. The van der Waals surface area contributed by atoms with E-state index in [4.69, 9.17) is 11.3 Å². The SMILES string of the molecule is C=CS(=O)c1ccccc1.COc1ccc(S(=O)c2ccccc2)cc1.CS(C)=O.Cc1ccc(S(C)=O)cc1.O=S(Cc1ccccc1)c1ccccc1.O=S(c1ccccc1)c1ccccc1.O=S1CCCC1.[C-]#[N+]CCS(=O)c1ccccc1. The molecule has 0 aromatic heterocycles. The zero-order chi connectivity index (χ0) is 63.4. The molecule has 9 aromatic rings. The van der Waals surface area contributed by atoms with Crippen LogP contribution in [0.2, 0.25) is 0 Å². The number of benzene rings is 9. The van der Waals surface area contributed by atoms with E-state index in [0.717, 1.165) is 62.0 Å². The Bertz CT molecular complexity index is 3510. The van der Waals surface area contributed by atoms with Gasteiger partial charge in [0, 0.05) is 107 Å². The van der Waals surface area contributed by atoms with Gasteiger partial charge in [0.2, 0.25) is 6.54 Å². The molecule has 1 heterocycles. The van der Waals surface area contributed by atoms with Crippen molar-refractivity contribution in [1.29, 1.82) is 0 Å². The first-order chi connectivity index (χ1) is 42.1. The van der Waals surface area contributed by atoms with Crippen LogP contribution in [-0.2, 0) is 92.1 Å². The summed E-state index contributed by atoms with van der Waals surface area (Å²) in [7, 11) is -5.37. The van der Waals surface area contributed by atoms with Crippen LogP contribution in [-0.4, -0.2) is 83.4 Å². The van der Waals surface area contributed by atoms with E-state index in [1.54, 1.807) is 25.9 Å². The first-order valence-corrected chi connectivity index (χ1v) is 38.2. The molecule has 18 heteroatoms. The van der Waals surface area contributed by atoms with Crippen molar-refractivity contribution in [3.63, 3.8) is 0 Å². The van der Waals surface area contributed by atoms with Crippen LogP contribution in [0.15, 0.2) is 312 Å². The summed E-state index contributed by atoms with van der Waals surface area (Å²) >= 11 is 0. The van der Waals surface area contributed by atoms with Crippen molar-refractivity contribution >= 4 is 86.4 Å². The van der Waals surface area contributed by atoms with E-state index in [1.165, 1.54) is 23.8 Å². The lowest BCUT2D eigenvalue weighted by Crippen LogP contribution is -1.99. The van der Waals surface area contributed by atoms with Crippen LogP contribution in [0, 0.1) is 13.5 Å². The van der Waals surface area contributed by atoms with E-state index < -0.39 is 86.4 Å². The number of hydrogen-bond acceptors (Lipinski definition) is 9. The van der Waals surface area contributed by atoms with E-state index in [1.807, 2.05) is 268 Å². The molecule has 458 valence electrons. The number of ether oxygens (including phenoxy) is 1. The molecule has 0 aliphatic carbocycles. The van der Waals surface area contributed by atoms with Gasteiger partial charge in [-0.05, 0) is 135 Å². The summed E-state index contributed by atoms with van der Waals surface area (Å²) in [5.74, 6) is 3.71. The van der Waals surface area contributed by atoms with Gasteiger partial charge in [-0.25, -0.2) is 19.2 Å². The van der Waals surface area contributed by atoms with E-state index in [2.05, 4.69) is 11.4 Å². The smallest absolute Gasteiger partial charge is 0.226 e. The summed E-state index contributed by atoms with van der Waals surface area (Å²) in [6.45, 7) is 12.3. The Morgan fingerprint density at radius 1 is 0.460 bits per heavy atom. The van der Waals surface area contributed by atoms with Crippen molar-refractivity contribution < 1.29 is 38.4 Å². The molecule has 0 amide bonds. The van der Waals surface area contributed by atoms with E-state index in [0.29, 0.717) is 18.1 Å². The zero-order valence-corrected chi connectivity index (χ0v) is 56.0. The van der Waals surface area contributed by atoms with Crippen LogP contribution < -0.4 is 4.74 Å². The highest BCUT2D eigenvalue weighted by atomic mass is 32.2. The molecule has 9 aromatic carbocycles. The Morgan fingerprint density at radius 2 is 0.782 bits per heavy atom. The molecule has 5 atom stereocenters. The summed E-state index contributed by atoms with van der Waals surface area (Å²) in [6, 6.07) is 81.3. The van der Waals surface area contributed by atoms with E-state index >= 15 is 0 Å². The van der Waals surface area contributed by atoms with E-state index in [9.17, 15) is 33.7 Å². The highest BCUT2D eigenvalue weighted by molar-refractivity contribution is 7.88. The molecule has 1 fully saturated rings. The van der Waals surface area contributed by atoms with Crippen LogP contribution in [0.3, 0.4) is 0 Å². The number of aryl methyl sites for hydroxylation is 1. The monoisotopic (exact) mass is 1320 g/mol. The second-order valence-electron chi connectivity index (χ2n) is 18.0. The molecule has 5 unspecified atom stereocenters. The van der Waals surface area contributed by atoms with Crippen molar-refractivity contribution in [3.05, 3.63) is 295 Å². The lowest BCUT2D eigenvalue weighted by atomic mass is 10.2. The Kier molecular flexibility index (Phi) is 38.9. The topological polar surface area (TPSA) is 150 Å². The normalized spacial score (nSPS) is 12.7. The second kappa shape index (κ2) is 45.5. The fraction of sp³-hybridized carbons (Fsp3) is 0.174. The van der Waals surface area contributed by atoms with E-state index in [-0.39, 0.29) is 0 Å². The van der Waals surface area contributed by atoms with Crippen molar-refractivity contribution in [2.75, 3.05) is 49.7 Å². The van der Waals surface area contributed by atoms with Gasteiger partial charge in [0.05, 0.1) is 66.9 Å².